The van der Waals surface area contributed by atoms with E-state index in [0.717, 1.165) is 36.6 Å². The van der Waals surface area contributed by atoms with Gasteiger partial charge in [0.1, 0.15) is 6.17 Å². The number of hydrogen-bond donors (Lipinski definition) is 3. The second-order valence-electron chi connectivity index (χ2n) is 6.13. The first-order valence-corrected chi connectivity index (χ1v) is 7.81. The number of nitrogens with one attached hydrogen (secondary N) is 1. The summed E-state index contributed by atoms with van der Waals surface area (Å²) in [7, 11) is 2.00. The van der Waals surface area contributed by atoms with Crippen molar-refractivity contribution >= 4 is 11.6 Å². The van der Waals surface area contributed by atoms with Gasteiger partial charge in [0.15, 0.2) is 5.96 Å². The Balaban J connectivity index is 1.76. The number of fused-ring (bicyclic) bond motifs is 1. The Morgan fingerprint density at radius 1 is 1.24 bits per heavy atom. The third kappa shape index (κ3) is 2.89. The fourth-order valence-electron chi connectivity index (χ4n) is 3.22. The van der Waals surface area contributed by atoms with E-state index >= 15 is 0 Å². The number of benzene rings is 1. The second kappa shape index (κ2) is 6.03. The number of aliphatic imine (C=N–C) groups is 1. The van der Waals surface area contributed by atoms with Crippen LogP contribution in [0.2, 0.25) is 0 Å². The molecule has 0 amide bonds. The molecule has 1 aromatic carbocycles. The summed E-state index contributed by atoms with van der Waals surface area (Å²) in [4.78, 5) is 6.93. The van der Waals surface area contributed by atoms with Crippen molar-refractivity contribution in [1.82, 2.24) is 4.90 Å². The number of nitrogens with two attached hydrogens (primary N) is 2. The van der Waals surface area contributed by atoms with Gasteiger partial charge in [0.25, 0.3) is 0 Å². The summed E-state index contributed by atoms with van der Waals surface area (Å²) >= 11 is 0. The molecule has 114 valence electrons. The maximum Gasteiger partial charge on any atom is 0.200 e. The van der Waals surface area contributed by atoms with Crippen molar-refractivity contribution < 1.29 is 0 Å². The molecule has 5 N–H and O–H groups in total. The molecule has 1 atom stereocenters. The van der Waals surface area contributed by atoms with E-state index in [1.165, 1.54) is 12.8 Å². The zero-order chi connectivity index (χ0) is 14.8. The monoisotopic (exact) mass is 287 g/mol. The lowest BCUT2D eigenvalue weighted by atomic mass is 9.86. The molecule has 2 aliphatic rings. The van der Waals surface area contributed by atoms with E-state index in [-0.39, 0.29) is 6.17 Å². The molecule has 3 rings (SSSR count). The second-order valence-corrected chi connectivity index (χ2v) is 6.13. The number of guanidine groups is 1. The highest BCUT2D eigenvalue weighted by molar-refractivity contribution is 5.96. The molecule has 1 fully saturated rings. The predicted molar refractivity (Wildman–Crippen MR) is 87.0 cm³/mol. The molecule has 0 spiro atoms. The number of anilines is 1. The molecule has 1 saturated carbocycles. The minimum Gasteiger partial charge on any atom is -0.330 e. The summed E-state index contributed by atoms with van der Waals surface area (Å²) < 4.78 is 0. The molecule has 21 heavy (non-hydrogen) atoms. The first kappa shape index (κ1) is 14.4. The van der Waals surface area contributed by atoms with E-state index in [1.807, 2.05) is 24.1 Å². The number of nitrogens with zero attached hydrogens (tertiary/aromatic N) is 2. The number of para-hydroxylation sites is 1. The zero-order valence-corrected chi connectivity index (χ0v) is 12.6. The predicted octanol–water partition coefficient (Wildman–Crippen LogP) is 1.87. The molecule has 1 unspecified atom stereocenters. The third-order valence-corrected chi connectivity index (χ3v) is 4.73. The molecule has 0 saturated heterocycles. The average Bonchev–Trinajstić information content (AvgIpc) is 2.53. The smallest absolute Gasteiger partial charge is 0.200 e. The van der Waals surface area contributed by atoms with Crippen LogP contribution < -0.4 is 16.8 Å². The Bertz CT molecular complexity index is 519. The highest BCUT2D eigenvalue weighted by Gasteiger charge is 2.27. The van der Waals surface area contributed by atoms with Gasteiger partial charge in [-0.25, -0.2) is 4.99 Å². The molecule has 0 aromatic heterocycles. The normalized spacial score (nSPS) is 30.9. The SMILES string of the molecule is CN1C(=NC2CCC(CN)CC2)Nc2ccccc2C1N. The molecule has 5 heteroatoms. The quantitative estimate of drug-likeness (QED) is 0.776. The van der Waals surface area contributed by atoms with Crippen LogP contribution in [0.5, 0.6) is 0 Å². The molecule has 1 aliphatic heterocycles. The van der Waals surface area contributed by atoms with E-state index in [1.54, 1.807) is 0 Å². The van der Waals surface area contributed by atoms with Crippen LogP contribution in [-0.4, -0.2) is 30.5 Å². The Kier molecular flexibility index (Phi) is 4.12. The lowest BCUT2D eigenvalue weighted by molar-refractivity contribution is 0.326. The third-order valence-electron chi connectivity index (χ3n) is 4.73. The van der Waals surface area contributed by atoms with Crippen LogP contribution in [0.25, 0.3) is 0 Å². The van der Waals surface area contributed by atoms with Crippen molar-refractivity contribution in [3.63, 3.8) is 0 Å². The highest BCUT2D eigenvalue weighted by atomic mass is 15.4. The Labute approximate surface area is 126 Å². The van der Waals surface area contributed by atoms with Gasteiger partial charge in [0.2, 0.25) is 0 Å². The standard InChI is InChI=1S/C16H25N5/c1-21-15(18)13-4-2-3-5-14(13)20-16(21)19-12-8-6-11(10-17)7-9-12/h2-5,11-12,15H,6-10,17-18H2,1H3,(H,19,20). The number of rotatable bonds is 2. The van der Waals surface area contributed by atoms with Crippen LogP contribution in [-0.2, 0) is 0 Å². The van der Waals surface area contributed by atoms with Gasteiger partial charge in [-0.3, -0.25) is 0 Å². The Morgan fingerprint density at radius 2 is 1.95 bits per heavy atom. The van der Waals surface area contributed by atoms with Crippen molar-refractivity contribution in [1.29, 1.82) is 0 Å². The summed E-state index contributed by atoms with van der Waals surface area (Å²) in [5.74, 6) is 1.57. The van der Waals surface area contributed by atoms with Crippen molar-refractivity contribution in [2.24, 2.45) is 22.4 Å². The van der Waals surface area contributed by atoms with Gasteiger partial charge < -0.3 is 21.7 Å². The van der Waals surface area contributed by atoms with Crippen LogP contribution >= 0.6 is 0 Å². The van der Waals surface area contributed by atoms with Gasteiger partial charge in [-0.1, -0.05) is 18.2 Å². The maximum atomic E-state index is 6.32. The van der Waals surface area contributed by atoms with Crippen LogP contribution in [0.4, 0.5) is 5.69 Å². The number of hydrogen-bond acceptors (Lipinski definition) is 3. The van der Waals surface area contributed by atoms with Gasteiger partial charge in [0, 0.05) is 18.3 Å². The lowest BCUT2D eigenvalue weighted by Crippen LogP contribution is -2.45. The molecule has 1 aliphatic carbocycles. The molecular formula is C16H25N5. The van der Waals surface area contributed by atoms with Gasteiger partial charge in [-0.05, 0) is 44.2 Å². The van der Waals surface area contributed by atoms with Crippen molar-refractivity contribution in [3.8, 4) is 0 Å². The Hall–Kier alpha value is -1.59. The molecule has 5 nitrogen and oxygen atoms in total. The van der Waals surface area contributed by atoms with Crippen molar-refractivity contribution in [3.05, 3.63) is 29.8 Å². The summed E-state index contributed by atoms with van der Waals surface area (Å²) in [6, 6.07) is 8.55. The molecule has 0 bridgehead atoms. The van der Waals surface area contributed by atoms with Gasteiger partial charge >= 0.3 is 0 Å². The summed E-state index contributed by atoms with van der Waals surface area (Å²) in [5, 5.41) is 3.42. The lowest BCUT2D eigenvalue weighted by Gasteiger charge is -2.36. The maximum absolute atomic E-state index is 6.32. The highest BCUT2D eigenvalue weighted by Crippen LogP contribution is 2.30. The van der Waals surface area contributed by atoms with Crippen molar-refractivity contribution in [2.75, 3.05) is 18.9 Å². The average molecular weight is 287 g/mol. The summed E-state index contributed by atoms with van der Waals surface area (Å²) in [6.45, 7) is 0.805. The van der Waals surface area contributed by atoms with Crippen LogP contribution in [0.3, 0.4) is 0 Å². The minimum absolute atomic E-state index is 0.137. The van der Waals surface area contributed by atoms with Gasteiger partial charge in [-0.2, -0.15) is 0 Å². The first-order chi connectivity index (χ1) is 10.2. The Morgan fingerprint density at radius 3 is 2.67 bits per heavy atom. The zero-order valence-electron chi connectivity index (χ0n) is 12.6. The van der Waals surface area contributed by atoms with Crippen molar-refractivity contribution in [2.45, 2.75) is 37.9 Å². The summed E-state index contributed by atoms with van der Waals surface area (Å²) in [6.07, 6.45) is 4.48. The van der Waals surface area contributed by atoms with E-state index in [2.05, 4.69) is 17.4 Å². The van der Waals surface area contributed by atoms with Crippen LogP contribution in [0, 0.1) is 5.92 Å². The summed E-state index contributed by atoms with van der Waals surface area (Å²) in [5.41, 5.74) is 14.3. The van der Waals surface area contributed by atoms with Crippen LogP contribution in [0.15, 0.2) is 29.3 Å². The van der Waals surface area contributed by atoms with Crippen LogP contribution in [0.1, 0.15) is 37.4 Å². The van der Waals surface area contributed by atoms with E-state index < -0.39 is 0 Å². The minimum atomic E-state index is -0.137. The van der Waals surface area contributed by atoms with E-state index in [9.17, 15) is 0 Å². The van der Waals surface area contributed by atoms with E-state index in [0.29, 0.717) is 12.0 Å². The van der Waals surface area contributed by atoms with Gasteiger partial charge in [-0.15, -0.1) is 0 Å². The largest absolute Gasteiger partial charge is 0.330 e. The molecular weight excluding hydrogens is 262 g/mol. The molecule has 1 aromatic rings. The molecule has 0 radical (unpaired) electrons. The van der Waals surface area contributed by atoms with E-state index in [4.69, 9.17) is 16.5 Å². The first-order valence-electron chi connectivity index (χ1n) is 7.81. The molecule has 1 heterocycles. The fourth-order valence-corrected chi connectivity index (χ4v) is 3.22. The fraction of sp³-hybridized carbons (Fsp3) is 0.562. The topological polar surface area (TPSA) is 79.7 Å². The van der Waals surface area contributed by atoms with Gasteiger partial charge in [0.05, 0.1) is 6.04 Å².